The van der Waals surface area contributed by atoms with E-state index < -0.39 is 0 Å². The maximum absolute atomic E-state index is 11.9. The Morgan fingerprint density at radius 2 is 2.05 bits per heavy atom. The van der Waals surface area contributed by atoms with E-state index in [2.05, 4.69) is 10.4 Å². The van der Waals surface area contributed by atoms with E-state index in [0.29, 0.717) is 10.7 Å². The largest absolute Gasteiger partial charge is 0.324 e. The molecule has 0 aliphatic rings. The van der Waals surface area contributed by atoms with E-state index in [0.717, 1.165) is 17.0 Å². The molecule has 19 heavy (non-hydrogen) atoms. The topological polar surface area (TPSA) is 46.9 Å². The number of benzene rings is 1. The number of aromatic nitrogens is 2. The zero-order chi connectivity index (χ0) is 14.0. The molecule has 2 aromatic rings. The van der Waals surface area contributed by atoms with Gasteiger partial charge in [0.1, 0.15) is 6.54 Å². The molecule has 4 nitrogen and oxygen atoms in total. The van der Waals surface area contributed by atoms with E-state index in [-0.39, 0.29) is 12.5 Å². The van der Waals surface area contributed by atoms with Gasteiger partial charge in [-0.1, -0.05) is 17.7 Å². The lowest BCUT2D eigenvalue weighted by atomic mass is 10.2. The fourth-order valence-corrected chi connectivity index (χ4v) is 2.02. The van der Waals surface area contributed by atoms with Crippen LogP contribution in [-0.4, -0.2) is 15.7 Å². The molecule has 0 spiro atoms. The van der Waals surface area contributed by atoms with Crippen LogP contribution in [0.1, 0.15) is 17.0 Å². The molecule has 0 aliphatic heterocycles. The van der Waals surface area contributed by atoms with Crippen LogP contribution < -0.4 is 5.32 Å². The molecule has 0 saturated heterocycles. The van der Waals surface area contributed by atoms with Gasteiger partial charge in [-0.2, -0.15) is 5.10 Å². The summed E-state index contributed by atoms with van der Waals surface area (Å²) < 4.78 is 1.68. The predicted molar refractivity (Wildman–Crippen MR) is 76.5 cm³/mol. The second kappa shape index (κ2) is 5.45. The molecular formula is C14H16ClN3O. The molecule has 0 saturated carbocycles. The van der Waals surface area contributed by atoms with Crippen LogP contribution in [0.5, 0.6) is 0 Å². The van der Waals surface area contributed by atoms with Gasteiger partial charge in [-0.15, -0.1) is 0 Å². The van der Waals surface area contributed by atoms with Crippen LogP contribution in [0.4, 0.5) is 5.69 Å². The van der Waals surface area contributed by atoms with Crippen molar-refractivity contribution in [2.75, 3.05) is 5.32 Å². The van der Waals surface area contributed by atoms with Crippen molar-refractivity contribution in [2.24, 2.45) is 0 Å². The van der Waals surface area contributed by atoms with Crippen LogP contribution in [0, 0.1) is 20.8 Å². The lowest BCUT2D eigenvalue weighted by Crippen LogP contribution is -2.20. The maximum Gasteiger partial charge on any atom is 0.246 e. The molecule has 100 valence electrons. The van der Waals surface area contributed by atoms with Gasteiger partial charge in [0.05, 0.1) is 5.69 Å². The molecule has 0 fully saturated rings. The van der Waals surface area contributed by atoms with Crippen LogP contribution in [-0.2, 0) is 11.3 Å². The highest BCUT2D eigenvalue weighted by molar-refractivity contribution is 6.31. The summed E-state index contributed by atoms with van der Waals surface area (Å²) >= 11 is 6.02. The minimum atomic E-state index is -0.119. The smallest absolute Gasteiger partial charge is 0.246 e. The highest BCUT2D eigenvalue weighted by Crippen LogP contribution is 2.19. The van der Waals surface area contributed by atoms with Gasteiger partial charge in [0, 0.05) is 16.4 Å². The molecule has 0 unspecified atom stereocenters. The Balaban J connectivity index is 2.05. The Bertz CT molecular complexity index is 619. The number of nitrogens with one attached hydrogen (secondary N) is 1. The molecule has 1 heterocycles. The van der Waals surface area contributed by atoms with Crippen molar-refractivity contribution < 1.29 is 4.79 Å². The Kier molecular flexibility index (Phi) is 3.90. The lowest BCUT2D eigenvalue weighted by molar-refractivity contribution is -0.116. The first-order valence-corrected chi connectivity index (χ1v) is 6.40. The Hall–Kier alpha value is -1.81. The molecule has 0 bridgehead atoms. The van der Waals surface area contributed by atoms with Crippen LogP contribution in [0.2, 0.25) is 5.02 Å². The first-order valence-electron chi connectivity index (χ1n) is 6.03. The minimum Gasteiger partial charge on any atom is -0.324 e. The van der Waals surface area contributed by atoms with Crippen LogP contribution in [0.25, 0.3) is 0 Å². The molecule has 2 rings (SSSR count). The average Bonchev–Trinajstić information content (AvgIpc) is 2.62. The number of amides is 1. The van der Waals surface area contributed by atoms with Gasteiger partial charge < -0.3 is 5.32 Å². The number of carbonyl (C=O) groups is 1. The predicted octanol–water partition coefficient (Wildman–Crippen LogP) is 3.10. The quantitative estimate of drug-likeness (QED) is 0.937. The van der Waals surface area contributed by atoms with Crippen LogP contribution in [0.15, 0.2) is 24.3 Å². The summed E-state index contributed by atoms with van der Waals surface area (Å²) in [5, 5.41) is 7.71. The third kappa shape index (κ3) is 3.35. The standard InChI is InChI=1S/C14H16ClN3O/c1-9-4-5-12(7-13(9)15)16-14(19)8-18-11(3)6-10(2)17-18/h4-7H,8H2,1-3H3,(H,16,19). The number of nitrogens with zero attached hydrogens (tertiary/aromatic N) is 2. The number of hydrogen-bond acceptors (Lipinski definition) is 2. The van der Waals surface area contributed by atoms with E-state index >= 15 is 0 Å². The van der Waals surface area contributed by atoms with E-state index in [4.69, 9.17) is 11.6 Å². The third-order valence-electron chi connectivity index (χ3n) is 2.85. The number of hydrogen-bond donors (Lipinski definition) is 1. The molecule has 0 aliphatic carbocycles. The molecular weight excluding hydrogens is 262 g/mol. The second-order valence-electron chi connectivity index (χ2n) is 4.60. The third-order valence-corrected chi connectivity index (χ3v) is 3.26. The number of aryl methyl sites for hydroxylation is 3. The SMILES string of the molecule is Cc1cc(C)n(CC(=O)Nc2ccc(C)c(Cl)c2)n1. The number of halogens is 1. The number of anilines is 1. The molecule has 5 heteroatoms. The van der Waals surface area contributed by atoms with Crippen molar-refractivity contribution in [3.63, 3.8) is 0 Å². The Labute approximate surface area is 117 Å². The zero-order valence-electron chi connectivity index (χ0n) is 11.2. The van der Waals surface area contributed by atoms with Gasteiger partial charge in [-0.25, -0.2) is 0 Å². The second-order valence-corrected chi connectivity index (χ2v) is 5.00. The molecule has 1 amide bonds. The number of carbonyl (C=O) groups excluding carboxylic acids is 1. The lowest BCUT2D eigenvalue weighted by Gasteiger charge is -2.08. The van der Waals surface area contributed by atoms with Crippen molar-refractivity contribution in [2.45, 2.75) is 27.3 Å². The van der Waals surface area contributed by atoms with Crippen molar-refractivity contribution in [3.05, 3.63) is 46.2 Å². The summed E-state index contributed by atoms with van der Waals surface area (Å²) in [4.78, 5) is 11.9. The van der Waals surface area contributed by atoms with E-state index in [1.54, 1.807) is 10.7 Å². The monoisotopic (exact) mass is 277 g/mol. The van der Waals surface area contributed by atoms with Gasteiger partial charge >= 0.3 is 0 Å². The molecule has 0 radical (unpaired) electrons. The van der Waals surface area contributed by atoms with E-state index in [1.807, 2.05) is 39.0 Å². The van der Waals surface area contributed by atoms with E-state index in [1.165, 1.54) is 0 Å². The number of rotatable bonds is 3. The summed E-state index contributed by atoms with van der Waals surface area (Å²) in [6.07, 6.45) is 0. The van der Waals surface area contributed by atoms with Crippen molar-refractivity contribution in [3.8, 4) is 0 Å². The van der Waals surface area contributed by atoms with Crippen LogP contribution in [0.3, 0.4) is 0 Å². The van der Waals surface area contributed by atoms with Crippen molar-refractivity contribution >= 4 is 23.2 Å². The fourth-order valence-electron chi connectivity index (χ4n) is 1.84. The fraction of sp³-hybridized carbons (Fsp3) is 0.286. The molecule has 1 aromatic carbocycles. The van der Waals surface area contributed by atoms with Gasteiger partial charge in [0.15, 0.2) is 0 Å². The summed E-state index contributed by atoms with van der Waals surface area (Å²) in [6, 6.07) is 7.40. The summed E-state index contributed by atoms with van der Waals surface area (Å²) in [5.41, 5.74) is 3.55. The molecule has 1 aromatic heterocycles. The normalized spacial score (nSPS) is 10.5. The van der Waals surface area contributed by atoms with Crippen molar-refractivity contribution in [1.29, 1.82) is 0 Å². The summed E-state index contributed by atoms with van der Waals surface area (Å²) in [7, 11) is 0. The minimum absolute atomic E-state index is 0.119. The van der Waals surface area contributed by atoms with Crippen molar-refractivity contribution in [1.82, 2.24) is 9.78 Å². The van der Waals surface area contributed by atoms with Gasteiger partial charge in [0.25, 0.3) is 0 Å². The average molecular weight is 278 g/mol. The summed E-state index contributed by atoms with van der Waals surface area (Å²) in [5.74, 6) is -0.119. The summed E-state index contributed by atoms with van der Waals surface area (Å²) in [6.45, 7) is 5.95. The zero-order valence-corrected chi connectivity index (χ0v) is 12.0. The van der Waals surface area contributed by atoms with Gasteiger partial charge in [0.2, 0.25) is 5.91 Å². The van der Waals surface area contributed by atoms with Gasteiger partial charge in [-0.05, 0) is 44.5 Å². The first-order chi connectivity index (χ1) is 8.95. The first kappa shape index (κ1) is 13.6. The molecule has 0 atom stereocenters. The Morgan fingerprint density at radius 3 is 2.63 bits per heavy atom. The highest BCUT2D eigenvalue weighted by Gasteiger charge is 2.08. The van der Waals surface area contributed by atoms with E-state index in [9.17, 15) is 4.79 Å². The highest BCUT2D eigenvalue weighted by atomic mass is 35.5. The Morgan fingerprint density at radius 1 is 1.32 bits per heavy atom. The molecule has 1 N–H and O–H groups in total. The maximum atomic E-state index is 11.9. The van der Waals surface area contributed by atoms with Gasteiger partial charge in [-0.3, -0.25) is 9.48 Å². The van der Waals surface area contributed by atoms with Crippen LogP contribution >= 0.6 is 11.6 Å².